The Kier molecular flexibility index (Phi) is 9.75. The van der Waals surface area contributed by atoms with Crippen LogP contribution in [0.2, 0.25) is 0 Å². The maximum absolute atomic E-state index is 12.7. The highest BCUT2D eigenvalue weighted by Crippen LogP contribution is 2.26. The van der Waals surface area contributed by atoms with E-state index in [0.29, 0.717) is 17.8 Å². The van der Waals surface area contributed by atoms with Gasteiger partial charge in [-0.25, -0.2) is 4.98 Å². The number of nitrogens with zero attached hydrogens (tertiary/aromatic N) is 3. The Morgan fingerprint density at radius 3 is 2.91 bits per heavy atom. The number of benzene rings is 1. The van der Waals surface area contributed by atoms with E-state index in [4.69, 9.17) is 9.84 Å². The molecular formula is C22H32Cl2N4O3S. The van der Waals surface area contributed by atoms with Gasteiger partial charge in [0, 0.05) is 46.1 Å². The molecule has 2 aromatic heterocycles. The lowest BCUT2D eigenvalue weighted by atomic mass is 10.0. The van der Waals surface area contributed by atoms with Crippen LogP contribution in [0.1, 0.15) is 47.8 Å². The fraction of sp³-hybridized carbons (Fsp3) is 0.545. The summed E-state index contributed by atoms with van der Waals surface area (Å²) in [4.78, 5) is 20.6. The molecule has 1 aliphatic rings. The third-order valence-corrected chi connectivity index (χ3v) is 6.73. The molecule has 1 saturated heterocycles. The van der Waals surface area contributed by atoms with Gasteiger partial charge in [-0.3, -0.25) is 9.20 Å². The molecule has 2 N–H and O–H groups in total. The molecule has 3 aromatic rings. The number of thiazole rings is 1. The molecule has 0 bridgehead atoms. The molecule has 0 saturated carbocycles. The molecule has 178 valence electrons. The van der Waals surface area contributed by atoms with Crippen LogP contribution < -0.4 is 5.32 Å². The Bertz CT molecular complexity index is 1030. The van der Waals surface area contributed by atoms with Gasteiger partial charge in [-0.15, -0.1) is 24.8 Å². The zero-order chi connectivity index (χ0) is 21.1. The summed E-state index contributed by atoms with van der Waals surface area (Å²) in [6.07, 6.45) is 5.63. The molecule has 1 fully saturated rings. The smallest absolute Gasteiger partial charge is 0.265 e. The molecule has 1 amide bonds. The molecule has 1 atom stereocenters. The number of hydrogen-bond donors (Lipinski definition) is 2. The zero-order valence-corrected chi connectivity index (χ0v) is 21.0. The van der Waals surface area contributed by atoms with Crippen LogP contribution in [0.3, 0.4) is 0 Å². The number of ether oxygens (including phenoxy) is 1. The van der Waals surface area contributed by atoms with E-state index in [-0.39, 0.29) is 42.9 Å². The topological polar surface area (TPSA) is 79.1 Å². The first-order valence-electron chi connectivity index (χ1n) is 10.6. The van der Waals surface area contributed by atoms with E-state index in [2.05, 4.69) is 29.4 Å². The number of unbranched alkanes of at least 4 members (excludes halogenated alkanes) is 1. The predicted octanol–water partition coefficient (Wildman–Crippen LogP) is 3.90. The van der Waals surface area contributed by atoms with Gasteiger partial charge in [0.2, 0.25) is 0 Å². The van der Waals surface area contributed by atoms with E-state index in [0.717, 1.165) is 55.0 Å². The van der Waals surface area contributed by atoms with Crippen LogP contribution in [-0.2, 0) is 11.3 Å². The van der Waals surface area contributed by atoms with Crippen LogP contribution in [0, 0.1) is 0 Å². The molecule has 0 aliphatic carbocycles. The van der Waals surface area contributed by atoms with E-state index >= 15 is 0 Å². The standard InChI is InChI=1S/C22H30N4O3S.2ClH/c1-22(8-5-11-29-22)15-23-13-16-6-7-17-18(12-16)26-14-19(30-21(26)24-17)20(28)25(2)9-3-4-10-27;;/h6-7,12,14,23,27H,3-5,8-11,13,15H2,1-2H3;2*1H/t22-;;/m1../s1. The van der Waals surface area contributed by atoms with Crippen molar-refractivity contribution in [2.45, 2.75) is 44.8 Å². The second kappa shape index (κ2) is 11.6. The van der Waals surface area contributed by atoms with Gasteiger partial charge in [0.1, 0.15) is 4.88 Å². The zero-order valence-electron chi connectivity index (χ0n) is 18.5. The highest BCUT2D eigenvalue weighted by Gasteiger charge is 2.29. The van der Waals surface area contributed by atoms with Crippen LogP contribution in [0.4, 0.5) is 0 Å². The number of nitrogens with one attached hydrogen (secondary N) is 1. The van der Waals surface area contributed by atoms with Crippen molar-refractivity contribution in [2.24, 2.45) is 0 Å². The summed E-state index contributed by atoms with van der Waals surface area (Å²) >= 11 is 1.42. The molecule has 0 unspecified atom stereocenters. The fourth-order valence-corrected chi connectivity index (χ4v) is 4.95. The van der Waals surface area contributed by atoms with Crippen molar-refractivity contribution in [1.82, 2.24) is 19.6 Å². The largest absolute Gasteiger partial charge is 0.396 e. The number of carbonyl (C=O) groups excluding carboxylic acids is 1. The predicted molar refractivity (Wildman–Crippen MR) is 134 cm³/mol. The minimum atomic E-state index is -0.0557. The highest BCUT2D eigenvalue weighted by molar-refractivity contribution is 7.18. The number of aliphatic hydroxyl groups is 1. The number of hydrogen-bond acceptors (Lipinski definition) is 6. The first-order valence-corrected chi connectivity index (χ1v) is 11.4. The molecular weight excluding hydrogens is 471 g/mol. The summed E-state index contributed by atoms with van der Waals surface area (Å²) in [5, 5.41) is 12.4. The third-order valence-electron chi connectivity index (χ3n) is 5.76. The Balaban J connectivity index is 0.00000181. The Morgan fingerprint density at radius 1 is 1.38 bits per heavy atom. The highest BCUT2D eigenvalue weighted by atomic mass is 35.5. The summed E-state index contributed by atoms with van der Waals surface area (Å²) in [6.45, 7) is 5.43. The summed E-state index contributed by atoms with van der Waals surface area (Å²) in [5.74, 6) is -0.000724. The van der Waals surface area contributed by atoms with E-state index in [1.165, 1.54) is 16.9 Å². The first-order chi connectivity index (χ1) is 14.5. The molecule has 1 aromatic carbocycles. The Labute approximate surface area is 205 Å². The number of carbonyl (C=O) groups is 1. The quantitative estimate of drug-likeness (QED) is 0.433. The number of aromatic nitrogens is 2. The van der Waals surface area contributed by atoms with Gasteiger partial charge in [0.15, 0.2) is 4.96 Å². The lowest BCUT2D eigenvalue weighted by Gasteiger charge is -2.23. The van der Waals surface area contributed by atoms with E-state index in [9.17, 15) is 4.79 Å². The van der Waals surface area contributed by atoms with E-state index < -0.39 is 0 Å². The first kappa shape index (κ1) is 26.8. The monoisotopic (exact) mass is 502 g/mol. The molecule has 1 aliphatic heterocycles. The number of halogens is 2. The summed E-state index contributed by atoms with van der Waals surface area (Å²) < 4.78 is 7.86. The molecule has 0 spiro atoms. The average molecular weight is 503 g/mol. The number of fused-ring (bicyclic) bond motifs is 3. The number of imidazole rings is 1. The van der Waals surface area contributed by atoms with Gasteiger partial charge >= 0.3 is 0 Å². The van der Waals surface area contributed by atoms with E-state index in [1.807, 2.05) is 16.7 Å². The van der Waals surface area contributed by atoms with Crippen LogP contribution in [0.25, 0.3) is 16.0 Å². The maximum Gasteiger partial charge on any atom is 0.265 e. The fourth-order valence-electron chi connectivity index (χ4n) is 3.96. The van der Waals surface area contributed by atoms with Crippen molar-refractivity contribution < 1.29 is 14.6 Å². The van der Waals surface area contributed by atoms with Crippen molar-refractivity contribution in [2.75, 3.05) is 33.4 Å². The van der Waals surface area contributed by atoms with Gasteiger partial charge in [-0.1, -0.05) is 17.4 Å². The average Bonchev–Trinajstić information content (AvgIpc) is 3.42. The van der Waals surface area contributed by atoms with E-state index in [1.54, 1.807) is 11.9 Å². The maximum atomic E-state index is 12.7. The van der Waals surface area contributed by atoms with Crippen LogP contribution in [0.5, 0.6) is 0 Å². The molecule has 10 heteroatoms. The van der Waals surface area contributed by atoms with Crippen LogP contribution >= 0.6 is 36.2 Å². The second-order valence-corrected chi connectivity index (χ2v) is 9.35. The van der Waals surface area contributed by atoms with Gasteiger partial charge in [-0.2, -0.15) is 0 Å². The minimum Gasteiger partial charge on any atom is -0.396 e. The lowest BCUT2D eigenvalue weighted by molar-refractivity contribution is 0.0207. The summed E-state index contributed by atoms with van der Waals surface area (Å²) in [6, 6.07) is 6.29. The van der Waals surface area contributed by atoms with Gasteiger partial charge in [-0.05, 0) is 50.3 Å². The second-order valence-electron chi connectivity index (χ2n) is 8.35. The SMILES string of the molecule is CN(CCCCO)C(=O)c1cn2c(nc3ccc(CNC[C@@]4(C)CCCO4)cc32)s1.Cl.Cl. The van der Waals surface area contributed by atoms with Crippen LogP contribution in [0.15, 0.2) is 24.4 Å². The van der Waals surface area contributed by atoms with Gasteiger partial charge < -0.3 is 20.1 Å². The minimum absolute atomic E-state index is 0. The number of rotatable bonds is 9. The molecule has 7 nitrogen and oxygen atoms in total. The summed E-state index contributed by atoms with van der Waals surface area (Å²) in [5.41, 5.74) is 3.09. The molecule has 32 heavy (non-hydrogen) atoms. The van der Waals surface area contributed by atoms with Crippen molar-refractivity contribution in [3.63, 3.8) is 0 Å². The molecule has 0 radical (unpaired) electrons. The Morgan fingerprint density at radius 2 is 2.19 bits per heavy atom. The normalized spacial score (nSPS) is 18.0. The van der Waals surface area contributed by atoms with Gasteiger partial charge in [0.05, 0.1) is 16.6 Å². The van der Waals surface area contributed by atoms with Crippen LogP contribution in [-0.4, -0.2) is 64.3 Å². The number of aliphatic hydroxyl groups excluding tert-OH is 1. The van der Waals surface area contributed by atoms with Crippen molar-refractivity contribution >= 4 is 58.1 Å². The lowest BCUT2D eigenvalue weighted by Crippen LogP contribution is -2.36. The Hall–Kier alpha value is -1.42. The molecule has 3 heterocycles. The van der Waals surface area contributed by atoms with Crippen molar-refractivity contribution in [3.8, 4) is 0 Å². The van der Waals surface area contributed by atoms with Crippen molar-refractivity contribution in [3.05, 3.63) is 34.8 Å². The third kappa shape index (κ3) is 5.92. The number of amides is 1. The van der Waals surface area contributed by atoms with Gasteiger partial charge in [0.25, 0.3) is 5.91 Å². The molecule has 4 rings (SSSR count). The summed E-state index contributed by atoms with van der Waals surface area (Å²) in [7, 11) is 1.80. The van der Waals surface area contributed by atoms with Crippen molar-refractivity contribution in [1.29, 1.82) is 0 Å².